The number of non-ortho nitro benzene ring substituents is 2. The Balaban J connectivity index is 0.000000299. The van der Waals surface area contributed by atoms with E-state index in [1.807, 2.05) is 246 Å². The van der Waals surface area contributed by atoms with Crippen LogP contribution in [0.2, 0.25) is 0 Å². The summed E-state index contributed by atoms with van der Waals surface area (Å²) in [5, 5.41) is 39.3. The summed E-state index contributed by atoms with van der Waals surface area (Å²) in [4.78, 5) is 99.8. The first-order valence-electron chi connectivity index (χ1n) is 44.6. The molecule has 14 aromatic carbocycles. The van der Waals surface area contributed by atoms with Crippen LogP contribution in [-0.4, -0.2) is 110 Å². The van der Waals surface area contributed by atoms with E-state index in [2.05, 4.69) is 154 Å². The number of thioether (sulfide) groups is 4. The average Bonchev–Trinajstić information content (AvgIpc) is 0.787. The molecule has 0 fully saturated rings. The van der Waals surface area contributed by atoms with Gasteiger partial charge in [-0.25, -0.2) is 18.8 Å². The summed E-state index contributed by atoms with van der Waals surface area (Å²) in [7, 11) is 4.86. The molecular weight excluding hydrogens is 2060 g/mol. The van der Waals surface area contributed by atoms with E-state index in [0.717, 1.165) is 76.0 Å². The van der Waals surface area contributed by atoms with Crippen LogP contribution in [0, 0.1) is 26.0 Å². The van der Waals surface area contributed by atoms with Gasteiger partial charge >= 0.3 is 18.2 Å². The fourth-order valence-electron chi connectivity index (χ4n) is 12.2. The van der Waals surface area contributed by atoms with Crippen molar-refractivity contribution in [2.75, 3.05) is 37.5 Å². The maximum absolute atomic E-state index is 13.3. The Morgan fingerprint density at radius 1 is 0.420 bits per heavy atom. The number of carboxylic acid groups (broad SMARTS) is 1. The Morgan fingerprint density at radius 3 is 0.979 bits per heavy atom. The van der Waals surface area contributed by atoms with Gasteiger partial charge in [-0.1, -0.05) is 259 Å². The van der Waals surface area contributed by atoms with Crippen molar-refractivity contribution in [1.29, 1.82) is 0 Å². The molecule has 0 heterocycles. The van der Waals surface area contributed by atoms with Crippen molar-refractivity contribution in [3.63, 3.8) is 0 Å². The molecule has 0 aromatic heterocycles. The van der Waals surface area contributed by atoms with Crippen LogP contribution in [0.25, 0.3) is 0 Å². The van der Waals surface area contributed by atoms with Crippen molar-refractivity contribution in [1.82, 2.24) is 15.1 Å². The topological polar surface area (TPSA) is 296 Å². The first kappa shape index (κ1) is 121. The van der Waals surface area contributed by atoms with Crippen LogP contribution in [0.3, 0.4) is 0 Å². The molecule has 3 atom stereocenters. The Labute approximate surface area is 892 Å². The van der Waals surface area contributed by atoms with Gasteiger partial charge in [0.15, 0.2) is 0 Å². The zero-order chi connectivity index (χ0) is 102. The number of aliphatic carboxylic acids is 1. The Bertz CT molecular complexity index is 6000. The van der Waals surface area contributed by atoms with Gasteiger partial charge in [-0.3, -0.25) is 44.4 Å². The summed E-state index contributed by atoms with van der Waals surface area (Å²) in [6, 6.07) is 120. The average molecular weight is 2180 g/mol. The van der Waals surface area contributed by atoms with Gasteiger partial charge in [-0.2, -0.15) is 0 Å². The van der Waals surface area contributed by atoms with Gasteiger partial charge in [-0.15, -0.1) is 72.1 Å². The maximum Gasteiger partial charge on any atom is 0.410 e. The van der Waals surface area contributed by atoms with Crippen molar-refractivity contribution < 1.29 is 77.1 Å². The third-order valence-corrected chi connectivity index (χ3v) is 25.2. The minimum absolute atomic E-state index is 0. The summed E-state index contributed by atoms with van der Waals surface area (Å²) in [5.74, 6) is 1.98. The second-order valence-electron chi connectivity index (χ2n) is 33.1. The third-order valence-electron chi connectivity index (χ3n) is 19.7. The number of nitrogens with zero attached hydrogens (tertiary/aromatic N) is 4. The number of halogens is 4. The van der Waals surface area contributed by atoms with Gasteiger partial charge in [0.25, 0.3) is 16.6 Å². The van der Waals surface area contributed by atoms with Gasteiger partial charge < -0.3 is 36.3 Å². The Hall–Kier alpha value is -12.4. The van der Waals surface area contributed by atoms with Crippen LogP contribution < -0.4 is 21.7 Å². The van der Waals surface area contributed by atoms with Crippen LogP contribution in [-0.2, 0) is 90.9 Å². The number of nitrogens with one attached hydrogen (secondary N) is 3. The molecule has 0 spiro atoms. The van der Waals surface area contributed by atoms with Crippen molar-refractivity contribution in [2.24, 2.45) is 0 Å². The van der Waals surface area contributed by atoms with E-state index in [9.17, 15) is 58.5 Å². The van der Waals surface area contributed by atoms with Crippen LogP contribution >= 0.6 is 99.6 Å². The van der Waals surface area contributed by atoms with Gasteiger partial charge in [0.1, 0.15) is 29.1 Å². The van der Waals surface area contributed by atoms with Crippen molar-refractivity contribution in [2.45, 2.75) is 143 Å². The molecule has 0 unspecified atom stereocenters. The quantitative estimate of drug-likeness (QED) is 0.00356. The molecule has 744 valence electrons. The summed E-state index contributed by atoms with van der Waals surface area (Å²) < 4.78 is 22.9. The van der Waals surface area contributed by atoms with E-state index >= 15 is 0 Å². The third kappa shape index (κ3) is 49.9. The predicted octanol–water partition coefficient (Wildman–Crippen LogP) is 28.2. The van der Waals surface area contributed by atoms with Gasteiger partial charge in [0, 0.05) is 146 Å². The molecule has 31 heteroatoms. The standard InChI is InChI=1S/C28H32N2O3S.C23H24N2OS.C15H21NO4.C13H11NO2S.C13H13NS.C7H7Br.C7H4ClFO.C6H5NO2S.ClH.Zn/c1-28(2,3)33-27(32)30(4)25(19-21-11-7-5-8-12-21)26(31)29-23-15-17-24(18-16-23)34-20-22-13-9-6-10-14-22;1-24-22(16-18-8-4-2-5-9-18)23(26)25-20-12-14-21(15-13-20)27-17-19-10-6-3-7-11-19;1-15(2,3)20-14(19)16(4)12(13(17)18)10-11-8-6-5-7-9-11;15-14(16)12-6-8-13(9-7-12)17-10-11-4-2-1-3-5-11;14-12-6-8-13(9-7-12)15-10-11-4-2-1-3-5-11;8-6-7-4-2-1-3-5-7;8-7(10)5-1-3-6(9)4-2-5;8-7(9)5-1-3-6(10)4-2-5;;/h5-18,25H,19-20H2,1-4H3,(H,29,31);2-15,22,24H,16-17H2,1H3,(H,25,26);5-9,12H,10H2,1-4H3,(H,17,18);1-9H,10H2;1-9H,10,14H2;1-5H,6H2;1-4H;1-4,10H;1H;/t25-;22-;12-;;;;;;;/m000......./s1. The zero-order valence-electron chi connectivity index (χ0n) is 80.9. The predicted molar refractivity (Wildman–Crippen MR) is 588 cm³/mol. The second-order valence-corrected chi connectivity index (χ2v) is 38.7. The molecule has 0 aliphatic carbocycles. The Morgan fingerprint density at radius 2 is 0.692 bits per heavy atom. The molecule has 6 N–H and O–H groups in total. The minimum Gasteiger partial charge on any atom is -0.480 e. The second kappa shape index (κ2) is 66.5. The molecule has 143 heavy (non-hydrogen) atoms. The molecule has 14 aromatic rings. The smallest absolute Gasteiger partial charge is 0.410 e. The summed E-state index contributed by atoms with van der Waals surface area (Å²) in [6.45, 7) is 10.6. The molecular formula is C112H118BrCl2FN8O13S5Zn. The fraction of sp³-hybridized carbons (Fsp3) is 0.196. The number of rotatable bonds is 30. The first-order valence-corrected chi connectivity index (χ1v) is 50.5. The van der Waals surface area contributed by atoms with Crippen LogP contribution in [0.1, 0.15) is 96.4 Å². The van der Waals surface area contributed by atoms with E-state index < -0.39 is 51.6 Å². The molecule has 0 saturated carbocycles. The van der Waals surface area contributed by atoms with E-state index in [-0.39, 0.29) is 78.3 Å². The number of nitro benzene ring substituents is 2. The molecule has 0 aliphatic heterocycles. The number of thiol groups is 1. The van der Waals surface area contributed by atoms with Crippen molar-refractivity contribution in [3.8, 4) is 0 Å². The normalized spacial score (nSPS) is 10.9. The number of carboxylic acids is 1. The number of nitrogens with two attached hydrogens (primary N) is 1. The van der Waals surface area contributed by atoms with E-state index in [1.165, 1.54) is 98.1 Å². The van der Waals surface area contributed by atoms with E-state index in [0.29, 0.717) is 24.1 Å². The summed E-state index contributed by atoms with van der Waals surface area (Å²) in [6.07, 6.45) is 0.116. The number of benzene rings is 14. The number of hydrogen-bond acceptors (Lipinski definition) is 19. The number of nitrogen functional groups attached to an aromatic ring is 1. The zero-order valence-corrected chi connectivity index (χ0v) is 91.2. The number of hydrogen-bond donors (Lipinski definition) is 6. The van der Waals surface area contributed by atoms with Crippen LogP contribution in [0.4, 0.5) is 42.4 Å². The number of amides is 4. The molecule has 0 radical (unpaired) electrons. The Kier molecular flexibility index (Phi) is 56.3. The molecule has 0 saturated heterocycles. The molecule has 21 nitrogen and oxygen atoms in total. The first-order chi connectivity index (χ1) is 67.6. The van der Waals surface area contributed by atoms with E-state index in [4.69, 9.17) is 26.8 Å². The van der Waals surface area contributed by atoms with Crippen molar-refractivity contribution >= 4 is 163 Å². The number of likely N-dealkylation sites (N-methyl/N-ethyl adjacent to an activating group) is 3. The van der Waals surface area contributed by atoms with E-state index in [1.54, 1.807) is 87.4 Å². The number of anilines is 3. The number of carbonyl (C=O) groups excluding carboxylic acids is 5. The minimum atomic E-state index is -1.05. The van der Waals surface area contributed by atoms with Crippen LogP contribution in [0.15, 0.2) is 413 Å². The SMILES string of the molecule is BrCc1ccccc1.CN(C(=O)OC(C)(C)C)[C@@H](Cc1ccccc1)C(=O)Nc1ccc(SCc2ccccc2)cc1.CN(C(=O)OC(C)(C)C)[C@@H](Cc1ccccc1)C(=O)O.CN[C@@H](Cc1ccccc1)C(=O)Nc1ccc(SCc2ccccc2)cc1.Cl.Nc1ccc(SCc2ccccc2)cc1.O=C(Cl)c1ccc(F)cc1.O=[N+]([O-])c1ccc(S)cc1.O=[N+]([O-])c1ccc(SCc2ccccc2)cc1.[Zn]. The number of carbonyl (C=O) groups is 6. The van der Waals surface area contributed by atoms with Gasteiger partial charge in [0.2, 0.25) is 11.8 Å². The molecule has 14 rings (SSSR count). The molecule has 0 aliphatic rings. The van der Waals surface area contributed by atoms with Crippen molar-refractivity contribution in [3.05, 3.63) is 464 Å². The number of ether oxygens (including phenoxy) is 2. The monoisotopic (exact) mass is 2170 g/mol. The van der Waals surface area contributed by atoms with Gasteiger partial charge in [-0.05, 0) is 232 Å². The fourth-order valence-corrected chi connectivity index (χ4v) is 16.3. The van der Waals surface area contributed by atoms with Gasteiger partial charge in [0.05, 0.1) is 15.9 Å². The number of nitro groups is 2. The molecule has 4 amide bonds. The largest absolute Gasteiger partial charge is 0.480 e. The van der Waals surface area contributed by atoms with Crippen LogP contribution in [0.5, 0.6) is 0 Å². The summed E-state index contributed by atoms with van der Waals surface area (Å²) in [5.41, 5.74) is 16.6. The summed E-state index contributed by atoms with van der Waals surface area (Å²) >= 11 is 19.5. The maximum atomic E-state index is 13.3. The number of alkyl halides is 1. The molecule has 0 bridgehead atoms.